The average Bonchev–Trinajstić information content (AvgIpc) is 3.00. The van der Waals surface area contributed by atoms with Crippen molar-refractivity contribution < 1.29 is 0 Å². The van der Waals surface area contributed by atoms with Crippen LogP contribution in [0.5, 0.6) is 0 Å². The predicted octanol–water partition coefficient (Wildman–Crippen LogP) is 1.62. The van der Waals surface area contributed by atoms with Crippen LogP contribution in [0.4, 0.5) is 0 Å². The van der Waals surface area contributed by atoms with Crippen molar-refractivity contribution in [1.29, 1.82) is 0 Å². The van der Waals surface area contributed by atoms with E-state index in [1.54, 1.807) is 0 Å². The van der Waals surface area contributed by atoms with Gasteiger partial charge in [-0.1, -0.05) is 35.0 Å². The fourth-order valence-electron chi connectivity index (χ4n) is 1.84. The minimum absolute atomic E-state index is 0.544. The van der Waals surface area contributed by atoms with Gasteiger partial charge >= 0.3 is 0 Å². The van der Waals surface area contributed by atoms with Gasteiger partial charge in [0.1, 0.15) is 0 Å². The van der Waals surface area contributed by atoms with Gasteiger partial charge in [-0.2, -0.15) is 5.21 Å². The molecule has 0 aliphatic heterocycles. The second-order valence-corrected chi connectivity index (χ2v) is 4.27. The maximum absolute atomic E-state index is 6.30. The summed E-state index contributed by atoms with van der Waals surface area (Å²) in [6.07, 6.45) is 0. The van der Waals surface area contributed by atoms with Crippen LogP contribution < -0.4 is 5.32 Å². The number of para-hydroxylation sites is 1. The lowest BCUT2D eigenvalue weighted by Gasteiger charge is -2.00. The molecule has 1 aromatic carbocycles. The molecule has 0 amide bonds. The maximum Gasteiger partial charge on any atom is 0.188 e. The van der Waals surface area contributed by atoms with Gasteiger partial charge in [-0.15, -0.1) is 10.2 Å². The van der Waals surface area contributed by atoms with Crippen LogP contribution in [0.15, 0.2) is 24.3 Å². The molecule has 3 N–H and O–H groups in total. The molecule has 0 saturated heterocycles. The Morgan fingerprint density at radius 2 is 2.11 bits per heavy atom. The number of halogens is 1. The number of hydrogen-bond acceptors (Lipinski definition) is 4. The van der Waals surface area contributed by atoms with E-state index in [1.807, 2.05) is 24.3 Å². The molecule has 0 fully saturated rings. The number of H-pyrrole nitrogens is 2. The first-order valence-corrected chi connectivity index (χ1v) is 5.90. The van der Waals surface area contributed by atoms with Gasteiger partial charge in [0.2, 0.25) is 0 Å². The van der Waals surface area contributed by atoms with Gasteiger partial charge in [0, 0.05) is 23.1 Å². The molecule has 3 rings (SSSR count). The molecular formula is C11H11ClN6. The fourth-order valence-corrected chi connectivity index (χ4v) is 2.12. The fraction of sp³-hybridized carbons (Fsp3) is 0.182. The highest BCUT2D eigenvalue weighted by molar-refractivity contribution is 6.36. The minimum atomic E-state index is 0.544. The molecule has 0 bridgehead atoms. The number of benzene rings is 1. The third-order valence-electron chi connectivity index (χ3n) is 2.69. The normalized spacial score (nSPS) is 11.2. The van der Waals surface area contributed by atoms with E-state index >= 15 is 0 Å². The summed E-state index contributed by atoms with van der Waals surface area (Å²) in [5.41, 5.74) is 2.00. The molecule has 6 nitrogen and oxygen atoms in total. The number of fused-ring (bicyclic) bond motifs is 1. The average molecular weight is 263 g/mol. The minimum Gasteiger partial charge on any atom is -0.356 e. The first-order valence-electron chi connectivity index (χ1n) is 5.52. The Balaban J connectivity index is 1.73. The molecule has 7 heteroatoms. The van der Waals surface area contributed by atoms with Gasteiger partial charge in [-0.25, -0.2) is 0 Å². The lowest BCUT2D eigenvalue weighted by atomic mass is 10.2. The third-order valence-corrected chi connectivity index (χ3v) is 3.12. The van der Waals surface area contributed by atoms with Crippen molar-refractivity contribution in [2.24, 2.45) is 0 Å². The van der Waals surface area contributed by atoms with E-state index in [2.05, 4.69) is 30.9 Å². The Kier molecular flexibility index (Phi) is 2.95. The molecule has 18 heavy (non-hydrogen) atoms. The van der Waals surface area contributed by atoms with Crippen LogP contribution in [-0.4, -0.2) is 25.6 Å². The van der Waals surface area contributed by atoms with Crippen LogP contribution in [0.3, 0.4) is 0 Å². The molecule has 0 aliphatic carbocycles. The summed E-state index contributed by atoms with van der Waals surface area (Å²) in [6, 6.07) is 7.95. The molecule has 2 heterocycles. The van der Waals surface area contributed by atoms with Crippen LogP contribution >= 0.6 is 11.6 Å². The van der Waals surface area contributed by atoms with Crippen molar-refractivity contribution in [2.45, 2.75) is 13.1 Å². The van der Waals surface area contributed by atoms with Crippen LogP contribution in [0, 0.1) is 0 Å². The van der Waals surface area contributed by atoms with E-state index < -0.39 is 0 Å². The number of hydrogen-bond donors (Lipinski definition) is 3. The van der Waals surface area contributed by atoms with E-state index in [9.17, 15) is 0 Å². The summed E-state index contributed by atoms with van der Waals surface area (Å²) in [5, 5.41) is 18.6. The highest BCUT2D eigenvalue weighted by Gasteiger charge is 2.08. The topological polar surface area (TPSA) is 82.3 Å². The summed E-state index contributed by atoms with van der Waals surface area (Å²) >= 11 is 6.30. The van der Waals surface area contributed by atoms with Gasteiger partial charge in [0.15, 0.2) is 5.82 Å². The van der Waals surface area contributed by atoms with E-state index in [1.165, 1.54) is 0 Å². The van der Waals surface area contributed by atoms with Gasteiger partial charge in [0.05, 0.1) is 11.6 Å². The molecule has 2 aromatic heterocycles. The maximum atomic E-state index is 6.30. The molecule has 92 valence electrons. The molecule has 0 aliphatic rings. The molecule has 0 spiro atoms. The van der Waals surface area contributed by atoms with Crippen molar-refractivity contribution in [2.75, 3.05) is 0 Å². The van der Waals surface area contributed by atoms with Crippen molar-refractivity contribution in [3.8, 4) is 0 Å². The Hall–Kier alpha value is -1.92. The zero-order chi connectivity index (χ0) is 12.4. The van der Waals surface area contributed by atoms with Crippen LogP contribution in [0.1, 0.15) is 11.5 Å². The second-order valence-electron chi connectivity index (χ2n) is 3.89. The Labute approximate surface area is 108 Å². The smallest absolute Gasteiger partial charge is 0.188 e. The Bertz CT molecular complexity index is 645. The van der Waals surface area contributed by atoms with E-state index in [4.69, 9.17) is 11.6 Å². The summed E-state index contributed by atoms with van der Waals surface area (Å²) in [6.45, 7) is 1.17. The summed E-state index contributed by atoms with van der Waals surface area (Å²) < 4.78 is 0. The molecule has 0 saturated carbocycles. The zero-order valence-electron chi connectivity index (χ0n) is 9.44. The highest BCUT2D eigenvalue weighted by atomic mass is 35.5. The first kappa shape index (κ1) is 11.2. The van der Waals surface area contributed by atoms with Gasteiger partial charge in [-0.05, 0) is 6.07 Å². The molecular weight excluding hydrogens is 252 g/mol. The lowest BCUT2D eigenvalue weighted by Crippen LogP contribution is -2.14. The summed E-state index contributed by atoms with van der Waals surface area (Å²) in [4.78, 5) is 3.29. The Morgan fingerprint density at radius 1 is 1.22 bits per heavy atom. The molecule has 0 unspecified atom stereocenters. The number of nitrogens with one attached hydrogen (secondary N) is 3. The molecule has 3 aromatic rings. The number of aromatic amines is 2. The SMILES string of the molecule is Clc1c(CNCc2nn[nH]n2)[nH]c2ccccc12. The number of tetrazole rings is 1. The van der Waals surface area contributed by atoms with E-state index in [0.29, 0.717) is 18.9 Å². The van der Waals surface area contributed by atoms with Crippen molar-refractivity contribution in [3.63, 3.8) is 0 Å². The zero-order valence-corrected chi connectivity index (χ0v) is 10.2. The number of nitrogens with zero attached hydrogens (tertiary/aromatic N) is 3. The van der Waals surface area contributed by atoms with Gasteiger partial charge in [-0.3, -0.25) is 0 Å². The first-order chi connectivity index (χ1) is 8.84. The van der Waals surface area contributed by atoms with E-state index in [0.717, 1.165) is 21.6 Å². The van der Waals surface area contributed by atoms with Crippen LogP contribution in [-0.2, 0) is 13.1 Å². The lowest BCUT2D eigenvalue weighted by molar-refractivity contribution is 0.656. The van der Waals surface area contributed by atoms with E-state index in [-0.39, 0.29) is 0 Å². The van der Waals surface area contributed by atoms with Crippen LogP contribution in [0.25, 0.3) is 10.9 Å². The predicted molar refractivity (Wildman–Crippen MR) is 68.0 cm³/mol. The van der Waals surface area contributed by atoms with Crippen molar-refractivity contribution in [1.82, 2.24) is 30.9 Å². The highest BCUT2D eigenvalue weighted by Crippen LogP contribution is 2.26. The monoisotopic (exact) mass is 262 g/mol. The van der Waals surface area contributed by atoms with Gasteiger partial charge in [0.25, 0.3) is 0 Å². The third kappa shape index (κ3) is 2.07. The summed E-state index contributed by atoms with van der Waals surface area (Å²) in [7, 11) is 0. The standard InChI is InChI=1S/C11H11ClN6/c12-11-7-3-1-2-4-8(7)14-9(11)5-13-6-10-15-17-18-16-10/h1-4,13-14H,5-6H2,(H,15,16,17,18). The van der Waals surface area contributed by atoms with Crippen molar-refractivity contribution >= 4 is 22.5 Å². The summed E-state index contributed by atoms with van der Waals surface area (Å²) in [5.74, 6) is 0.627. The molecule has 0 radical (unpaired) electrons. The quantitative estimate of drug-likeness (QED) is 0.667. The molecule has 0 atom stereocenters. The van der Waals surface area contributed by atoms with Gasteiger partial charge < -0.3 is 10.3 Å². The van der Waals surface area contributed by atoms with Crippen molar-refractivity contribution in [3.05, 3.63) is 40.8 Å². The number of aromatic nitrogens is 5. The second kappa shape index (κ2) is 4.75. The Morgan fingerprint density at radius 3 is 2.89 bits per heavy atom. The van der Waals surface area contributed by atoms with Crippen LogP contribution in [0.2, 0.25) is 5.02 Å². The number of rotatable bonds is 4. The largest absolute Gasteiger partial charge is 0.356 e.